The Labute approximate surface area is 181 Å². The van der Waals surface area contributed by atoms with E-state index in [1.165, 1.54) is 13.3 Å². The van der Waals surface area contributed by atoms with Gasteiger partial charge >= 0.3 is 0 Å². The van der Waals surface area contributed by atoms with Crippen molar-refractivity contribution in [2.24, 2.45) is 5.10 Å². The van der Waals surface area contributed by atoms with E-state index in [1.807, 2.05) is 20.8 Å². The second-order valence-electron chi connectivity index (χ2n) is 6.11. The molecule has 0 heterocycles. The largest absolute Gasteiger partial charge is 0.493 e. The molecule has 0 aromatic heterocycles. The van der Waals surface area contributed by atoms with Crippen molar-refractivity contribution in [3.05, 3.63) is 46.5 Å². The molecule has 1 N–H and O–H groups in total. The predicted molar refractivity (Wildman–Crippen MR) is 118 cm³/mol. The Hall–Kier alpha value is -2.93. The van der Waals surface area contributed by atoms with E-state index >= 15 is 0 Å². The standard InChI is InChI=1S/C22H27ClN2O5/c1-5-10-30-21-17(23)11-15(12-20(21)27-4)14-24-25-22(26)16-8-9-18(28-6-2)19(13-16)29-7-3/h8-9,11-14H,5-7,10H2,1-4H3,(H,25,26)/b24-14+. The van der Waals surface area contributed by atoms with Crippen molar-refractivity contribution >= 4 is 23.7 Å². The van der Waals surface area contributed by atoms with Crippen LogP contribution in [0.4, 0.5) is 0 Å². The van der Waals surface area contributed by atoms with E-state index in [-0.39, 0.29) is 5.91 Å². The third-order valence-corrected chi connectivity index (χ3v) is 4.17. The first-order valence-electron chi connectivity index (χ1n) is 9.77. The minimum Gasteiger partial charge on any atom is -0.493 e. The number of carbonyl (C=O) groups is 1. The number of amides is 1. The lowest BCUT2D eigenvalue weighted by atomic mass is 10.2. The van der Waals surface area contributed by atoms with Crippen LogP contribution in [-0.4, -0.2) is 39.1 Å². The number of nitrogens with zero attached hydrogens (tertiary/aromatic N) is 1. The molecule has 0 bridgehead atoms. The molecule has 1 amide bonds. The average Bonchev–Trinajstić information content (AvgIpc) is 2.74. The van der Waals surface area contributed by atoms with Crippen LogP contribution in [0.1, 0.15) is 43.1 Å². The van der Waals surface area contributed by atoms with Gasteiger partial charge in [-0.05, 0) is 56.2 Å². The van der Waals surface area contributed by atoms with Gasteiger partial charge in [-0.25, -0.2) is 5.43 Å². The van der Waals surface area contributed by atoms with E-state index in [0.29, 0.717) is 59.0 Å². The zero-order valence-electron chi connectivity index (χ0n) is 17.7. The third-order valence-electron chi connectivity index (χ3n) is 3.89. The summed E-state index contributed by atoms with van der Waals surface area (Å²) in [5, 5.41) is 4.42. The second-order valence-corrected chi connectivity index (χ2v) is 6.52. The monoisotopic (exact) mass is 434 g/mol. The van der Waals surface area contributed by atoms with Gasteiger partial charge in [-0.3, -0.25) is 4.79 Å². The zero-order chi connectivity index (χ0) is 21.9. The lowest BCUT2D eigenvalue weighted by Gasteiger charge is -2.12. The van der Waals surface area contributed by atoms with Crippen LogP contribution in [0.25, 0.3) is 0 Å². The van der Waals surface area contributed by atoms with Crippen LogP contribution in [-0.2, 0) is 0 Å². The molecule has 0 saturated carbocycles. The number of hydrogen-bond donors (Lipinski definition) is 1. The van der Waals surface area contributed by atoms with Crippen molar-refractivity contribution in [3.63, 3.8) is 0 Å². The fourth-order valence-electron chi connectivity index (χ4n) is 2.58. The highest BCUT2D eigenvalue weighted by Crippen LogP contribution is 2.36. The summed E-state index contributed by atoms with van der Waals surface area (Å²) in [7, 11) is 1.54. The average molecular weight is 435 g/mol. The highest BCUT2D eigenvalue weighted by atomic mass is 35.5. The number of hydrogen-bond acceptors (Lipinski definition) is 6. The predicted octanol–water partition coefficient (Wildman–Crippen LogP) is 4.70. The van der Waals surface area contributed by atoms with Gasteiger partial charge in [-0.15, -0.1) is 0 Å². The summed E-state index contributed by atoms with van der Waals surface area (Å²) in [6, 6.07) is 8.40. The lowest BCUT2D eigenvalue weighted by Crippen LogP contribution is -2.17. The van der Waals surface area contributed by atoms with Crippen LogP contribution in [0.3, 0.4) is 0 Å². The van der Waals surface area contributed by atoms with E-state index < -0.39 is 0 Å². The molecule has 162 valence electrons. The Morgan fingerprint density at radius 2 is 1.77 bits per heavy atom. The summed E-state index contributed by atoms with van der Waals surface area (Å²) in [5.41, 5.74) is 3.55. The summed E-state index contributed by atoms with van der Waals surface area (Å²) in [5.74, 6) is 1.70. The molecule has 8 heteroatoms. The van der Waals surface area contributed by atoms with E-state index in [1.54, 1.807) is 30.3 Å². The number of ether oxygens (including phenoxy) is 4. The molecular weight excluding hydrogens is 408 g/mol. The van der Waals surface area contributed by atoms with Gasteiger partial charge in [-0.2, -0.15) is 5.10 Å². The maximum atomic E-state index is 12.4. The van der Waals surface area contributed by atoms with Crippen molar-refractivity contribution in [1.82, 2.24) is 5.43 Å². The van der Waals surface area contributed by atoms with Gasteiger partial charge in [0.2, 0.25) is 0 Å². The highest BCUT2D eigenvalue weighted by Gasteiger charge is 2.13. The summed E-state index contributed by atoms with van der Waals surface area (Å²) < 4.78 is 22.0. The van der Waals surface area contributed by atoms with Crippen LogP contribution >= 0.6 is 11.6 Å². The second kappa shape index (κ2) is 11.9. The van der Waals surface area contributed by atoms with Crippen LogP contribution in [0.15, 0.2) is 35.4 Å². The number of halogens is 1. The molecule has 2 rings (SSSR count). The molecule has 2 aromatic carbocycles. The minimum absolute atomic E-state index is 0.379. The molecule has 0 unspecified atom stereocenters. The first-order chi connectivity index (χ1) is 14.5. The number of rotatable bonds is 11. The topological polar surface area (TPSA) is 78.4 Å². The number of methoxy groups -OCH3 is 1. The number of nitrogens with one attached hydrogen (secondary N) is 1. The van der Waals surface area contributed by atoms with Crippen molar-refractivity contribution < 1.29 is 23.7 Å². The van der Waals surface area contributed by atoms with E-state index in [2.05, 4.69) is 10.5 Å². The molecule has 7 nitrogen and oxygen atoms in total. The number of carbonyl (C=O) groups excluding carboxylic acids is 1. The van der Waals surface area contributed by atoms with Gasteiger partial charge in [0.1, 0.15) is 0 Å². The molecule has 2 aromatic rings. The Bertz CT molecular complexity index is 886. The molecule has 30 heavy (non-hydrogen) atoms. The van der Waals surface area contributed by atoms with Gasteiger partial charge in [0, 0.05) is 5.56 Å². The Balaban J connectivity index is 2.12. The third kappa shape index (κ3) is 6.29. The quantitative estimate of drug-likeness (QED) is 0.409. The van der Waals surface area contributed by atoms with Gasteiger partial charge in [0.25, 0.3) is 5.91 Å². The van der Waals surface area contributed by atoms with Crippen molar-refractivity contribution in [1.29, 1.82) is 0 Å². The maximum Gasteiger partial charge on any atom is 0.271 e. The van der Waals surface area contributed by atoms with E-state index in [4.69, 9.17) is 30.5 Å². The summed E-state index contributed by atoms with van der Waals surface area (Å²) in [4.78, 5) is 12.4. The molecular formula is C22H27ClN2O5. The Morgan fingerprint density at radius 3 is 2.43 bits per heavy atom. The molecule has 0 aliphatic carbocycles. The number of hydrazone groups is 1. The van der Waals surface area contributed by atoms with Gasteiger partial charge < -0.3 is 18.9 Å². The molecule has 0 saturated heterocycles. The van der Waals surface area contributed by atoms with Crippen molar-refractivity contribution in [2.45, 2.75) is 27.2 Å². The number of benzene rings is 2. The maximum absolute atomic E-state index is 12.4. The zero-order valence-corrected chi connectivity index (χ0v) is 18.4. The first kappa shape index (κ1) is 23.3. The molecule has 0 atom stereocenters. The summed E-state index contributed by atoms with van der Waals surface area (Å²) >= 11 is 6.29. The Morgan fingerprint density at radius 1 is 1.03 bits per heavy atom. The fraction of sp³-hybridized carbons (Fsp3) is 0.364. The molecule has 0 radical (unpaired) electrons. The summed E-state index contributed by atoms with van der Waals surface area (Å²) in [6.07, 6.45) is 2.33. The van der Waals surface area contributed by atoms with Crippen molar-refractivity contribution in [3.8, 4) is 23.0 Å². The normalized spacial score (nSPS) is 10.7. The van der Waals surface area contributed by atoms with Gasteiger partial charge in [0.15, 0.2) is 23.0 Å². The highest BCUT2D eigenvalue weighted by molar-refractivity contribution is 6.32. The minimum atomic E-state index is -0.379. The molecule has 0 aliphatic heterocycles. The molecule has 0 fully saturated rings. The lowest BCUT2D eigenvalue weighted by molar-refractivity contribution is 0.0954. The van der Waals surface area contributed by atoms with Crippen LogP contribution < -0.4 is 24.4 Å². The van der Waals surface area contributed by atoms with E-state index in [9.17, 15) is 4.79 Å². The SMILES string of the molecule is CCCOc1c(Cl)cc(/C=N/NC(=O)c2ccc(OCC)c(OCC)c2)cc1OC. The van der Waals surface area contributed by atoms with Crippen LogP contribution in [0.2, 0.25) is 5.02 Å². The molecule has 0 aliphatic rings. The van der Waals surface area contributed by atoms with Crippen molar-refractivity contribution in [2.75, 3.05) is 26.9 Å². The first-order valence-corrected chi connectivity index (χ1v) is 10.1. The van der Waals surface area contributed by atoms with Crippen LogP contribution in [0.5, 0.6) is 23.0 Å². The van der Waals surface area contributed by atoms with Gasteiger partial charge in [-0.1, -0.05) is 18.5 Å². The van der Waals surface area contributed by atoms with Crippen LogP contribution in [0, 0.1) is 0 Å². The van der Waals surface area contributed by atoms with Gasteiger partial charge in [0.05, 0.1) is 38.2 Å². The fourth-order valence-corrected chi connectivity index (χ4v) is 2.85. The summed E-state index contributed by atoms with van der Waals surface area (Å²) in [6.45, 7) is 7.25. The van der Waals surface area contributed by atoms with E-state index in [0.717, 1.165) is 6.42 Å². The molecule has 0 spiro atoms. The smallest absolute Gasteiger partial charge is 0.271 e. The Kier molecular flexibility index (Phi) is 9.28.